The van der Waals surface area contributed by atoms with Crippen molar-refractivity contribution in [2.75, 3.05) is 19.3 Å². The van der Waals surface area contributed by atoms with Crippen LogP contribution >= 0.6 is 11.6 Å². The molecule has 1 saturated heterocycles. The average molecular weight is 303 g/mol. The highest BCUT2D eigenvalue weighted by atomic mass is 35.5. The van der Waals surface area contributed by atoms with Crippen molar-refractivity contribution in [3.8, 4) is 0 Å². The molecule has 1 fully saturated rings. The van der Waals surface area contributed by atoms with Crippen molar-refractivity contribution >= 4 is 21.6 Å². The van der Waals surface area contributed by atoms with Crippen LogP contribution in [0.3, 0.4) is 0 Å². The van der Waals surface area contributed by atoms with Crippen LogP contribution in [0.25, 0.3) is 0 Å². The lowest BCUT2D eigenvalue weighted by molar-refractivity contribution is 0.194. The molecule has 19 heavy (non-hydrogen) atoms. The summed E-state index contributed by atoms with van der Waals surface area (Å²) in [5.41, 5.74) is 1.16. The van der Waals surface area contributed by atoms with E-state index in [0.29, 0.717) is 0 Å². The molecular formula is C13H19ClN2O2S. The topological polar surface area (TPSA) is 49.4 Å². The average Bonchev–Trinajstić information content (AvgIpc) is 2.27. The van der Waals surface area contributed by atoms with Crippen LogP contribution in [0.2, 0.25) is 5.02 Å². The summed E-state index contributed by atoms with van der Waals surface area (Å²) >= 11 is 5.97. The molecule has 1 atom stereocenters. The van der Waals surface area contributed by atoms with Crippen molar-refractivity contribution in [3.05, 3.63) is 34.9 Å². The van der Waals surface area contributed by atoms with E-state index in [1.54, 1.807) is 0 Å². The van der Waals surface area contributed by atoms with Crippen molar-refractivity contribution in [2.24, 2.45) is 0 Å². The van der Waals surface area contributed by atoms with Crippen LogP contribution in [0.5, 0.6) is 0 Å². The van der Waals surface area contributed by atoms with E-state index >= 15 is 0 Å². The van der Waals surface area contributed by atoms with Gasteiger partial charge in [-0.05, 0) is 37.1 Å². The van der Waals surface area contributed by atoms with E-state index in [2.05, 4.69) is 9.62 Å². The third kappa shape index (κ3) is 5.10. The Labute approximate surface area is 119 Å². The summed E-state index contributed by atoms with van der Waals surface area (Å²) in [5.74, 6) is 0. The molecule has 0 spiro atoms. The quantitative estimate of drug-likeness (QED) is 0.923. The molecule has 0 aliphatic carbocycles. The zero-order valence-corrected chi connectivity index (χ0v) is 12.5. The third-order valence-electron chi connectivity index (χ3n) is 3.18. The molecule has 0 amide bonds. The maximum absolute atomic E-state index is 11.3. The number of benzene rings is 1. The van der Waals surface area contributed by atoms with Gasteiger partial charge in [-0.3, -0.25) is 4.90 Å². The molecule has 0 bridgehead atoms. The molecule has 6 heteroatoms. The number of hydrogen-bond acceptors (Lipinski definition) is 3. The second-order valence-electron chi connectivity index (χ2n) is 5.09. The maximum atomic E-state index is 11.3. The first-order chi connectivity index (χ1) is 8.92. The van der Waals surface area contributed by atoms with Gasteiger partial charge in [0.2, 0.25) is 10.0 Å². The monoisotopic (exact) mass is 302 g/mol. The molecule has 1 aromatic rings. The molecule has 1 N–H and O–H groups in total. The van der Waals surface area contributed by atoms with E-state index in [9.17, 15) is 8.42 Å². The number of hydrogen-bond donors (Lipinski definition) is 1. The molecule has 0 saturated carbocycles. The number of halogens is 1. The summed E-state index contributed by atoms with van der Waals surface area (Å²) in [7, 11) is -3.12. The van der Waals surface area contributed by atoms with Gasteiger partial charge < -0.3 is 0 Å². The van der Waals surface area contributed by atoms with Gasteiger partial charge in [0.15, 0.2) is 0 Å². The van der Waals surface area contributed by atoms with Crippen LogP contribution < -0.4 is 4.72 Å². The van der Waals surface area contributed by atoms with E-state index < -0.39 is 10.0 Å². The van der Waals surface area contributed by atoms with Gasteiger partial charge in [-0.25, -0.2) is 13.1 Å². The van der Waals surface area contributed by atoms with Crippen molar-refractivity contribution in [1.82, 2.24) is 9.62 Å². The molecular weight excluding hydrogens is 284 g/mol. The van der Waals surface area contributed by atoms with Gasteiger partial charge in [0, 0.05) is 24.2 Å². The number of sulfonamides is 1. The van der Waals surface area contributed by atoms with Gasteiger partial charge in [0.25, 0.3) is 0 Å². The molecule has 0 radical (unpaired) electrons. The molecule has 4 nitrogen and oxygen atoms in total. The first-order valence-electron chi connectivity index (χ1n) is 6.36. The maximum Gasteiger partial charge on any atom is 0.208 e. The highest BCUT2D eigenvalue weighted by Crippen LogP contribution is 2.16. The number of likely N-dealkylation sites (tertiary alicyclic amines) is 1. The fourth-order valence-corrected chi connectivity index (χ4v) is 3.50. The van der Waals surface area contributed by atoms with Crippen LogP contribution in [0, 0.1) is 0 Å². The summed E-state index contributed by atoms with van der Waals surface area (Å²) in [5, 5.41) is 0.736. The highest BCUT2D eigenvalue weighted by molar-refractivity contribution is 7.88. The fraction of sp³-hybridized carbons (Fsp3) is 0.538. The minimum Gasteiger partial charge on any atom is -0.298 e. The van der Waals surface area contributed by atoms with E-state index in [0.717, 1.165) is 43.1 Å². The Morgan fingerprint density at radius 3 is 2.95 bits per heavy atom. The number of nitrogens with one attached hydrogen (secondary N) is 1. The standard InChI is InChI=1S/C13H19ClN2O2S/c1-19(17,18)15-13-6-3-7-16(10-13)9-11-4-2-5-12(14)8-11/h2,4-5,8,13,15H,3,6-7,9-10H2,1H3. The van der Waals surface area contributed by atoms with E-state index in [4.69, 9.17) is 11.6 Å². The molecule has 1 aliphatic rings. The van der Waals surface area contributed by atoms with Gasteiger partial charge >= 0.3 is 0 Å². The number of rotatable bonds is 4. The minimum atomic E-state index is -3.12. The van der Waals surface area contributed by atoms with Crippen molar-refractivity contribution in [3.63, 3.8) is 0 Å². The summed E-state index contributed by atoms with van der Waals surface area (Å²) < 4.78 is 25.2. The minimum absolute atomic E-state index is 0.0166. The van der Waals surface area contributed by atoms with Gasteiger partial charge in [-0.2, -0.15) is 0 Å². The van der Waals surface area contributed by atoms with Crippen molar-refractivity contribution in [1.29, 1.82) is 0 Å². The SMILES string of the molecule is CS(=O)(=O)NC1CCCN(Cc2cccc(Cl)c2)C1. The lowest BCUT2D eigenvalue weighted by atomic mass is 10.1. The Morgan fingerprint density at radius 2 is 2.26 bits per heavy atom. The first kappa shape index (κ1) is 14.8. The van der Waals surface area contributed by atoms with Crippen molar-refractivity contribution in [2.45, 2.75) is 25.4 Å². The van der Waals surface area contributed by atoms with Gasteiger partial charge in [-0.1, -0.05) is 23.7 Å². The molecule has 1 heterocycles. The molecule has 1 unspecified atom stereocenters. The van der Waals surface area contributed by atoms with Crippen LogP contribution in [0.15, 0.2) is 24.3 Å². The predicted molar refractivity (Wildman–Crippen MR) is 77.7 cm³/mol. The summed E-state index contributed by atoms with van der Waals surface area (Å²) in [6, 6.07) is 7.81. The normalized spacial score (nSPS) is 21.5. The van der Waals surface area contributed by atoms with E-state index in [1.807, 2.05) is 24.3 Å². The highest BCUT2D eigenvalue weighted by Gasteiger charge is 2.22. The van der Waals surface area contributed by atoms with Crippen molar-refractivity contribution < 1.29 is 8.42 Å². The first-order valence-corrected chi connectivity index (χ1v) is 8.63. The van der Waals surface area contributed by atoms with Gasteiger partial charge in [0.05, 0.1) is 6.26 Å². The smallest absolute Gasteiger partial charge is 0.208 e. The molecule has 2 rings (SSSR count). The Balaban J connectivity index is 1.94. The lowest BCUT2D eigenvalue weighted by Crippen LogP contribution is -2.46. The summed E-state index contributed by atoms with van der Waals surface area (Å²) in [6.07, 6.45) is 3.12. The molecule has 1 aromatic carbocycles. The third-order valence-corrected chi connectivity index (χ3v) is 4.18. The summed E-state index contributed by atoms with van der Waals surface area (Å²) in [6.45, 7) is 2.55. The predicted octanol–water partition coefficient (Wildman–Crippen LogP) is 1.85. The van der Waals surface area contributed by atoms with Crippen LogP contribution in [-0.4, -0.2) is 38.7 Å². The van der Waals surface area contributed by atoms with Crippen LogP contribution in [0.1, 0.15) is 18.4 Å². The number of nitrogens with zero attached hydrogens (tertiary/aromatic N) is 1. The lowest BCUT2D eigenvalue weighted by Gasteiger charge is -2.32. The second-order valence-corrected chi connectivity index (χ2v) is 7.31. The van der Waals surface area contributed by atoms with Crippen LogP contribution in [0.4, 0.5) is 0 Å². The Kier molecular flexibility index (Phi) is 4.84. The molecule has 0 aromatic heterocycles. The second kappa shape index (κ2) is 6.22. The fourth-order valence-electron chi connectivity index (χ4n) is 2.49. The number of piperidine rings is 1. The molecule has 1 aliphatic heterocycles. The zero-order chi connectivity index (χ0) is 13.9. The van der Waals surface area contributed by atoms with Crippen LogP contribution in [-0.2, 0) is 16.6 Å². The Bertz CT molecular complexity index is 533. The Hall–Kier alpha value is -0.620. The van der Waals surface area contributed by atoms with E-state index in [-0.39, 0.29) is 6.04 Å². The molecule has 106 valence electrons. The van der Waals surface area contributed by atoms with Gasteiger partial charge in [0.1, 0.15) is 0 Å². The summed E-state index contributed by atoms with van der Waals surface area (Å²) in [4.78, 5) is 2.26. The largest absolute Gasteiger partial charge is 0.298 e. The van der Waals surface area contributed by atoms with E-state index in [1.165, 1.54) is 6.26 Å². The van der Waals surface area contributed by atoms with Gasteiger partial charge in [-0.15, -0.1) is 0 Å². The zero-order valence-electron chi connectivity index (χ0n) is 11.0. The Morgan fingerprint density at radius 1 is 1.47 bits per heavy atom.